The van der Waals surface area contributed by atoms with Gasteiger partial charge in [-0.25, -0.2) is 0 Å². The molecule has 1 heterocycles. The summed E-state index contributed by atoms with van der Waals surface area (Å²) in [6.07, 6.45) is -1.29. The van der Waals surface area contributed by atoms with Crippen LogP contribution < -0.4 is 0 Å². The van der Waals surface area contributed by atoms with Crippen molar-refractivity contribution in [1.29, 1.82) is 0 Å². The van der Waals surface area contributed by atoms with E-state index in [4.69, 9.17) is 9.47 Å². The lowest BCUT2D eigenvalue weighted by Crippen LogP contribution is -2.62. The molecule has 2 unspecified atom stereocenters. The molecule has 3 fully saturated rings. The van der Waals surface area contributed by atoms with E-state index in [2.05, 4.69) is 0 Å². The SMILES string of the molecule is O=C1CC(c2ccc([N+](=O)[O-])c([N+](=O)[O-])c2[N+](=O)[O-])C2(C(=O)OC3(CCCC3)OC2=O)C(c2ccc([N+](=O)[O-])c([N+](=O)[O-])c2[N+](=O)[O-])C1. The minimum atomic E-state index is -3.08. The number of esters is 2. The first-order valence-electron chi connectivity index (χ1n) is 13.7. The Morgan fingerprint density at radius 1 is 0.542 bits per heavy atom. The quantitative estimate of drug-likeness (QED) is 0.166. The number of nitro groups is 6. The lowest BCUT2D eigenvalue weighted by atomic mass is 9.55. The summed E-state index contributed by atoms with van der Waals surface area (Å²) < 4.78 is 11.2. The van der Waals surface area contributed by atoms with E-state index in [-0.39, 0.29) is 12.8 Å². The maximum atomic E-state index is 14.3. The summed E-state index contributed by atoms with van der Waals surface area (Å²) in [4.78, 5) is 105. The molecular weight excluding hydrogens is 656 g/mol. The van der Waals surface area contributed by atoms with Crippen molar-refractivity contribution in [2.24, 2.45) is 5.41 Å². The van der Waals surface area contributed by atoms with Crippen LogP contribution in [0.15, 0.2) is 24.3 Å². The van der Waals surface area contributed by atoms with E-state index in [0.717, 1.165) is 0 Å². The highest BCUT2D eigenvalue weighted by atomic mass is 16.7. The van der Waals surface area contributed by atoms with Crippen molar-refractivity contribution in [3.8, 4) is 0 Å². The fourth-order valence-corrected chi connectivity index (χ4v) is 6.88. The number of ether oxygens (including phenoxy) is 2. The first-order valence-corrected chi connectivity index (χ1v) is 13.7. The van der Waals surface area contributed by atoms with Crippen LogP contribution >= 0.6 is 0 Å². The predicted octanol–water partition coefficient (Wildman–Crippen LogP) is 3.72. The fraction of sp³-hybridized carbons (Fsp3) is 0.400. The predicted molar refractivity (Wildman–Crippen MR) is 148 cm³/mol. The standard InChI is InChI=1S/C25H18N6O17/c32-11-9-14(12-3-5-16(26(35)36)20(30(43)44)18(12)28(39)40)25(22(33)47-24(48-23(25)34)7-1-2-8-24)15(10-11)13-4-6-17(27(37)38)21(31(45)46)19(13)29(41)42/h3-6,14-15H,1-2,7-10H2. The van der Waals surface area contributed by atoms with Crippen LogP contribution in [0.5, 0.6) is 0 Å². The highest BCUT2D eigenvalue weighted by Crippen LogP contribution is 2.62. The van der Waals surface area contributed by atoms with Gasteiger partial charge in [-0.3, -0.25) is 75.1 Å². The van der Waals surface area contributed by atoms with Gasteiger partial charge in [-0.15, -0.1) is 0 Å². The summed E-state index contributed by atoms with van der Waals surface area (Å²) in [5, 5.41) is 71.8. The van der Waals surface area contributed by atoms with Gasteiger partial charge in [0.2, 0.25) is 0 Å². The van der Waals surface area contributed by atoms with Gasteiger partial charge < -0.3 is 9.47 Å². The Kier molecular flexibility index (Phi) is 7.77. The second kappa shape index (κ2) is 11.4. The maximum absolute atomic E-state index is 14.3. The van der Waals surface area contributed by atoms with E-state index in [1.807, 2.05) is 0 Å². The number of rotatable bonds is 8. The lowest BCUT2D eigenvalue weighted by molar-refractivity contribution is -0.441. The summed E-state index contributed by atoms with van der Waals surface area (Å²) >= 11 is 0. The zero-order valence-corrected chi connectivity index (χ0v) is 23.8. The molecule has 5 rings (SSSR count). The second-order valence-corrected chi connectivity index (χ2v) is 11.1. The number of nitro benzene ring substituents is 6. The highest BCUT2D eigenvalue weighted by Gasteiger charge is 2.71. The Balaban J connectivity index is 1.91. The number of benzene rings is 2. The van der Waals surface area contributed by atoms with Crippen LogP contribution in [0.2, 0.25) is 0 Å². The smallest absolute Gasteiger partial charge is 0.422 e. The number of nitrogens with zero attached hydrogens (tertiary/aromatic N) is 6. The van der Waals surface area contributed by atoms with Crippen LogP contribution in [-0.2, 0) is 23.9 Å². The van der Waals surface area contributed by atoms with E-state index in [1.54, 1.807) is 0 Å². The summed E-state index contributed by atoms with van der Waals surface area (Å²) in [5.74, 6) is -10.4. The van der Waals surface area contributed by atoms with Gasteiger partial charge in [0.1, 0.15) is 5.78 Å². The van der Waals surface area contributed by atoms with Gasteiger partial charge in [-0.2, -0.15) is 0 Å². The van der Waals surface area contributed by atoms with Crippen LogP contribution in [0.3, 0.4) is 0 Å². The van der Waals surface area contributed by atoms with Gasteiger partial charge in [-0.05, 0) is 25.0 Å². The molecule has 2 spiro atoms. The molecule has 0 aromatic heterocycles. The molecule has 2 aromatic rings. The van der Waals surface area contributed by atoms with E-state index in [1.165, 1.54) is 0 Å². The van der Waals surface area contributed by atoms with Crippen molar-refractivity contribution < 1.29 is 53.4 Å². The average Bonchev–Trinajstić information content (AvgIpc) is 3.44. The second-order valence-electron chi connectivity index (χ2n) is 11.1. The third-order valence-electron chi connectivity index (χ3n) is 8.76. The largest absolute Gasteiger partial charge is 0.422 e. The lowest BCUT2D eigenvalue weighted by Gasteiger charge is -2.50. The van der Waals surface area contributed by atoms with E-state index in [0.29, 0.717) is 37.1 Å². The molecule has 0 amide bonds. The first kappa shape index (κ1) is 32.8. The van der Waals surface area contributed by atoms with Crippen LogP contribution in [0, 0.1) is 66.1 Å². The zero-order chi connectivity index (χ0) is 35.5. The van der Waals surface area contributed by atoms with E-state index < -0.39 is 128 Å². The number of hydrogen-bond donors (Lipinski definition) is 0. The van der Waals surface area contributed by atoms with E-state index in [9.17, 15) is 75.1 Å². The van der Waals surface area contributed by atoms with E-state index >= 15 is 0 Å². The maximum Gasteiger partial charge on any atom is 0.422 e. The molecule has 0 bridgehead atoms. The van der Waals surface area contributed by atoms with Crippen LogP contribution in [0.1, 0.15) is 61.5 Å². The van der Waals surface area contributed by atoms with Crippen molar-refractivity contribution in [2.45, 2.75) is 56.1 Å². The Hall–Kier alpha value is -6.55. The molecule has 0 N–H and O–H groups in total. The topological polar surface area (TPSA) is 329 Å². The Labute approximate surface area is 263 Å². The minimum absolute atomic E-state index is 0.0267. The number of carbonyl (C=O) groups excluding carboxylic acids is 3. The Morgan fingerprint density at radius 3 is 1.21 bits per heavy atom. The molecule has 1 aliphatic heterocycles. The van der Waals surface area contributed by atoms with Crippen molar-refractivity contribution in [2.75, 3.05) is 0 Å². The molecule has 23 nitrogen and oxygen atoms in total. The number of Topliss-reactive ketones (excluding diaryl/α,β-unsaturated/α-hetero) is 1. The summed E-state index contributed by atoms with van der Waals surface area (Å²) in [6, 6.07) is 2.11. The zero-order valence-electron chi connectivity index (χ0n) is 23.8. The third-order valence-corrected chi connectivity index (χ3v) is 8.76. The molecule has 250 valence electrons. The average molecular weight is 674 g/mol. The molecule has 3 aliphatic rings. The Morgan fingerprint density at radius 2 is 0.896 bits per heavy atom. The molecule has 48 heavy (non-hydrogen) atoms. The van der Waals surface area contributed by atoms with Gasteiger partial charge >= 0.3 is 46.1 Å². The molecule has 2 saturated carbocycles. The van der Waals surface area contributed by atoms with Gasteiger partial charge in [0.25, 0.3) is 5.79 Å². The van der Waals surface area contributed by atoms with Crippen molar-refractivity contribution in [1.82, 2.24) is 0 Å². The van der Waals surface area contributed by atoms with Gasteiger partial charge in [0.05, 0.1) is 29.5 Å². The van der Waals surface area contributed by atoms with Gasteiger partial charge in [-0.1, -0.05) is 0 Å². The highest BCUT2D eigenvalue weighted by molar-refractivity contribution is 6.07. The molecular formula is C25H18N6O17. The van der Waals surface area contributed by atoms with Gasteiger partial charge in [0.15, 0.2) is 5.41 Å². The molecule has 1 saturated heterocycles. The number of hydrogen-bond acceptors (Lipinski definition) is 17. The minimum Gasteiger partial charge on any atom is -0.422 e. The van der Waals surface area contributed by atoms with Crippen molar-refractivity contribution in [3.63, 3.8) is 0 Å². The van der Waals surface area contributed by atoms with Gasteiger partial charge in [0, 0.05) is 60.8 Å². The molecule has 23 heteroatoms. The third kappa shape index (κ3) is 4.78. The molecule has 0 radical (unpaired) electrons. The van der Waals surface area contributed by atoms with Crippen LogP contribution in [0.25, 0.3) is 0 Å². The summed E-state index contributed by atoms with van der Waals surface area (Å²) in [6.45, 7) is 0. The summed E-state index contributed by atoms with van der Waals surface area (Å²) in [5.41, 5.74) is -14.3. The fourth-order valence-electron chi connectivity index (χ4n) is 6.88. The van der Waals surface area contributed by atoms with Crippen LogP contribution in [0.4, 0.5) is 34.1 Å². The first-order chi connectivity index (χ1) is 22.5. The normalized spacial score (nSPS) is 21.0. The molecule has 2 atom stereocenters. The van der Waals surface area contributed by atoms with Crippen molar-refractivity contribution >= 4 is 51.8 Å². The number of carbonyl (C=O) groups is 3. The Bertz CT molecular complexity index is 1770. The monoisotopic (exact) mass is 674 g/mol. The van der Waals surface area contributed by atoms with Crippen molar-refractivity contribution in [3.05, 3.63) is 96.1 Å². The summed E-state index contributed by atoms with van der Waals surface area (Å²) in [7, 11) is 0. The number of ketones is 1. The molecule has 2 aliphatic carbocycles. The van der Waals surface area contributed by atoms with Crippen LogP contribution in [-0.4, -0.2) is 53.0 Å². The molecule has 2 aromatic carbocycles.